The zero-order valence-corrected chi connectivity index (χ0v) is 11.7. The average Bonchev–Trinajstić information content (AvgIpc) is 2.36. The summed E-state index contributed by atoms with van der Waals surface area (Å²) in [6, 6.07) is 0. The van der Waals surface area contributed by atoms with Crippen molar-refractivity contribution in [3.8, 4) is 0 Å². The number of piperidine rings is 1. The molecular formula is C14H24N2O3. The monoisotopic (exact) mass is 268 g/mol. The minimum Gasteiger partial charge on any atom is -0.481 e. The van der Waals surface area contributed by atoms with Gasteiger partial charge >= 0.3 is 5.97 Å². The fourth-order valence-corrected chi connectivity index (χ4v) is 3.12. The number of carboxylic acid groups (broad SMARTS) is 1. The van der Waals surface area contributed by atoms with Gasteiger partial charge in [0.2, 0.25) is 5.91 Å². The summed E-state index contributed by atoms with van der Waals surface area (Å²) in [6.07, 6.45) is 5.14. The van der Waals surface area contributed by atoms with E-state index in [9.17, 15) is 14.7 Å². The van der Waals surface area contributed by atoms with Gasteiger partial charge in [0.15, 0.2) is 0 Å². The molecule has 5 heteroatoms. The first-order valence-electron chi connectivity index (χ1n) is 7.21. The number of likely N-dealkylation sites (tertiary alicyclic amines) is 1. The molecule has 0 unspecified atom stereocenters. The normalized spacial score (nSPS) is 24.6. The number of nitrogens with zero attached hydrogens (tertiary/aromatic N) is 1. The molecule has 0 aromatic carbocycles. The zero-order valence-electron chi connectivity index (χ0n) is 11.7. The van der Waals surface area contributed by atoms with Crippen LogP contribution in [0.25, 0.3) is 0 Å². The molecule has 1 saturated heterocycles. The Labute approximate surface area is 114 Å². The van der Waals surface area contributed by atoms with E-state index in [2.05, 4.69) is 0 Å². The fourth-order valence-electron chi connectivity index (χ4n) is 3.12. The summed E-state index contributed by atoms with van der Waals surface area (Å²) >= 11 is 0. The number of amides is 1. The lowest BCUT2D eigenvalue weighted by Crippen LogP contribution is -2.52. The Kier molecular flexibility index (Phi) is 3.85. The molecule has 5 nitrogen and oxygen atoms in total. The number of carbonyl (C=O) groups is 2. The number of carboxylic acids is 1. The highest BCUT2D eigenvalue weighted by molar-refractivity contribution is 5.79. The van der Waals surface area contributed by atoms with Gasteiger partial charge in [0.25, 0.3) is 0 Å². The SMILES string of the molecule is CCC1(C(=O)O)CCN(C(=O)CC2(N)CCC2)CC1. The lowest BCUT2D eigenvalue weighted by Gasteiger charge is -2.42. The smallest absolute Gasteiger partial charge is 0.309 e. The predicted molar refractivity (Wildman–Crippen MR) is 71.6 cm³/mol. The van der Waals surface area contributed by atoms with E-state index in [1.54, 1.807) is 4.90 Å². The lowest BCUT2D eigenvalue weighted by molar-refractivity contribution is -0.155. The highest BCUT2D eigenvalue weighted by Crippen LogP contribution is 2.37. The summed E-state index contributed by atoms with van der Waals surface area (Å²) in [6.45, 7) is 3.01. The van der Waals surface area contributed by atoms with E-state index in [0.717, 1.165) is 19.3 Å². The maximum absolute atomic E-state index is 12.2. The first-order chi connectivity index (χ1) is 8.91. The molecule has 1 amide bonds. The van der Waals surface area contributed by atoms with Crippen LogP contribution in [-0.4, -0.2) is 40.5 Å². The number of hydrogen-bond acceptors (Lipinski definition) is 3. The molecule has 19 heavy (non-hydrogen) atoms. The van der Waals surface area contributed by atoms with E-state index in [0.29, 0.717) is 38.8 Å². The molecule has 0 spiro atoms. The molecule has 1 saturated carbocycles. The van der Waals surface area contributed by atoms with Gasteiger partial charge in [-0.05, 0) is 38.5 Å². The highest BCUT2D eigenvalue weighted by Gasteiger charge is 2.42. The molecule has 0 atom stereocenters. The minimum absolute atomic E-state index is 0.0947. The molecule has 0 bridgehead atoms. The summed E-state index contributed by atoms with van der Waals surface area (Å²) in [5.41, 5.74) is 5.18. The Bertz CT molecular complexity index is 369. The van der Waals surface area contributed by atoms with Crippen LogP contribution in [0.4, 0.5) is 0 Å². The van der Waals surface area contributed by atoms with Gasteiger partial charge in [0.1, 0.15) is 0 Å². The van der Waals surface area contributed by atoms with Gasteiger partial charge in [-0.2, -0.15) is 0 Å². The van der Waals surface area contributed by atoms with Crippen molar-refractivity contribution in [1.82, 2.24) is 4.90 Å². The van der Waals surface area contributed by atoms with Gasteiger partial charge in [-0.3, -0.25) is 9.59 Å². The van der Waals surface area contributed by atoms with Gasteiger partial charge in [0, 0.05) is 25.0 Å². The summed E-state index contributed by atoms with van der Waals surface area (Å²) in [5, 5.41) is 9.32. The minimum atomic E-state index is -0.726. The fraction of sp³-hybridized carbons (Fsp3) is 0.857. The quantitative estimate of drug-likeness (QED) is 0.806. The number of nitrogens with two attached hydrogens (primary N) is 1. The van der Waals surface area contributed by atoms with Crippen LogP contribution in [0.2, 0.25) is 0 Å². The van der Waals surface area contributed by atoms with Crippen LogP contribution >= 0.6 is 0 Å². The van der Waals surface area contributed by atoms with Gasteiger partial charge < -0.3 is 15.7 Å². The van der Waals surface area contributed by atoms with E-state index in [1.165, 1.54) is 0 Å². The van der Waals surface area contributed by atoms with Crippen LogP contribution in [0.3, 0.4) is 0 Å². The predicted octanol–water partition coefficient (Wildman–Crippen LogP) is 1.36. The third kappa shape index (κ3) is 2.76. The average molecular weight is 268 g/mol. The van der Waals surface area contributed by atoms with E-state index >= 15 is 0 Å². The van der Waals surface area contributed by atoms with Crippen molar-refractivity contribution in [1.29, 1.82) is 0 Å². The summed E-state index contributed by atoms with van der Waals surface area (Å²) in [5.74, 6) is -0.631. The topological polar surface area (TPSA) is 83.6 Å². The molecule has 2 rings (SSSR count). The van der Waals surface area contributed by atoms with Crippen LogP contribution in [0.5, 0.6) is 0 Å². The summed E-state index contributed by atoms with van der Waals surface area (Å²) in [4.78, 5) is 25.3. The second-order valence-corrected chi connectivity index (χ2v) is 6.21. The number of rotatable bonds is 4. The lowest BCUT2D eigenvalue weighted by atomic mass is 9.74. The van der Waals surface area contributed by atoms with Gasteiger partial charge in [-0.25, -0.2) is 0 Å². The van der Waals surface area contributed by atoms with Crippen LogP contribution in [0.15, 0.2) is 0 Å². The van der Waals surface area contributed by atoms with Crippen molar-refractivity contribution in [3.63, 3.8) is 0 Å². The van der Waals surface area contributed by atoms with Gasteiger partial charge in [-0.15, -0.1) is 0 Å². The Morgan fingerprint density at radius 1 is 1.21 bits per heavy atom. The van der Waals surface area contributed by atoms with Crippen molar-refractivity contribution < 1.29 is 14.7 Å². The molecule has 1 aliphatic heterocycles. The molecule has 0 aromatic heterocycles. The van der Waals surface area contributed by atoms with Crippen molar-refractivity contribution in [2.45, 2.75) is 57.4 Å². The van der Waals surface area contributed by atoms with Crippen LogP contribution in [-0.2, 0) is 9.59 Å². The Morgan fingerprint density at radius 3 is 2.16 bits per heavy atom. The van der Waals surface area contributed by atoms with Crippen molar-refractivity contribution >= 4 is 11.9 Å². The van der Waals surface area contributed by atoms with Crippen molar-refractivity contribution in [3.05, 3.63) is 0 Å². The first kappa shape index (κ1) is 14.3. The molecule has 0 aromatic rings. The second kappa shape index (κ2) is 5.12. The third-order valence-electron chi connectivity index (χ3n) is 5.06. The van der Waals surface area contributed by atoms with Crippen LogP contribution < -0.4 is 5.73 Å². The summed E-state index contributed by atoms with van der Waals surface area (Å²) in [7, 11) is 0. The summed E-state index contributed by atoms with van der Waals surface area (Å²) < 4.78 is 0. The van der Waals surface area contributed by atoms with Crippen LogP contribution in [0, 0.1) is 5.41 Å². The van der Waals surface area contributed by atoms with Gasteiger partial charge in [-0.1, -0.05) is 6.92 Å². The second-order valence-electron chi connectivity index (χ2n) is 6.21. The highest BCUT2D eigenvalue weighted by atomic mass is 16.4. The van der Waals surface area contributed by atoms with Crippen molar-refractivity contribution in [2.75, 3.05) is 13.1 Å². The first-order valence-corrected chi connectivity index (χ1v) is 7.21. The van der Waals surface area contributed by atoms with E-state index < -0.39 is 11.4 Å². The maximum atomic E-state index is 12.2. The molecule has 2 aliphatic rings. The Hall–Kier alpha value is -1.10. The van der Waals surface area contributed by atoms with Crippen LogP contribution in [0.1, 0.15) is 51.9 Å². The standard InChI is InChI=1S/C14H24N2O3/c1-2-13(12(18)19)6-8-16(9-7-13)11(17)10-14(15)4-3-5-14/h2-10,15H2,1H3,(H,18,19). The molecule has 1 heterocycles. The Balaban J connectivity index is 1.89. The molecular weight excluding hydrogens is 244 g/mol. The molecule has 108 valence electrons. The van der Waals surface area contributed by atoms with Gasteiger partial charge in [0.05, 0.1) is 5.41 Å². The van der Waals surface area contributed by atoms with E-state index in [1.807, 2.05) is 6.92 Å². The number of hydrogen-bond donors (Lipinski definition) is 2. The Morgan fingerprint density at radius 2 is 1.79 bits per heavy atom. The third-order valence-corrected chi connectivity index (χ3v) is 5.06. The van der Waals surface area contributed by atoms with E-state index in [-0.39, 0.29) is 11.4 Å². The number of carbonyl (C=O) groups excluding carboxylic acids is 1. The van der Waals surface area contributed by atoms with Crippen molar-refractivity contribution in [2.24, 2.45) is 11.1 Å². The molecule has 2 fully saturated rings. The largest absolute Gasteiger partial charge is 0.481 e. The molecule has 0 radical (unpaired) electrons. The number of aliphatic carboxylic acids is 1. The van der Waals surface area contributed by atoms with E-state index in [4.69, 9.17) is 5.73 Å². The molecule has 1 aliphatic carbocycles. The zero-order chi connectivity index (χ0) is 14.1. The maximum Gasteiger partial charge on any atom is 0.309 e. The molecule has 3 N–H and O–H groups in total.